The Balaban J connectivity index is 0.00000144. The molecule has 1 aromatic carbocycles. The van der Waals surface area contributed by atoms with Gasteiger partial charge in [-0.05, 0) is 19.4 Å². The zero-order valence-electron chi connectivity index (χ0n) is 7.95. The molecule has 1 rings (SSSR count). The van der Waals surface area contributed by atoms with Gasteiger partial charge in [-0.1, -0.05) is 29.3 Å². The average molecular weight is 202 g/mol. The molecule has 74 valence electrons. The van der Waals surface area contributed by atoms with Gasteiger partial charge in [-0.2, -0.15) is 0 Å². The first-order valence-electron chi connectivity index (χ1n) is 4.08. The summed E-state index contributed by atoms with van der Waals surface area (Å²) in [6.07, 6.45) is 0. The van der Waals surface area contributed by atoms with Crippen LogP contribution in [0.15, 0.2) is 18.2 Å². The Morgan fingerprint density at radius 1 is 1.23 bits per heavy atom. The van der Waals surface area contributed by atoms with Crippen LogP contribution in [0.2, 0.25) is 0 Å². The van der Waals surface area contributed by atoms with E-state index in [4.69, 9.17) is 10.8 Å². The van der Waals surface area contributed by atoms with Crippen molar-refractivity contribution < 1.29 is 5.11 Å². The Kier molecular flexibility index (Phi) is 4.99. The highest BCUT2D eigenvalue weighted by Crippen LogP contribution is 2.14. The Labute approximate surface area is 85.2 Å². The first-order chi connectivity index (χ1) is 5.63. The molecule has 0 heterocycles. The van der Waals surface area contributed by atoms with Crippen molar-refractivity contribution in [3.63, 3.8) is 0 Å². The summed E-state index contributed by atoms with van der Waals surface area (Å²) in [5.41, 5.74) is 9.07. The van der Waals surface area contributed by atoms with Crippen LogP contribution in [0, 0.1) is 13.8 Å². The molecule has 0 radical (unpaired) electrons. The van der Waals surface area contributed by atoms with Crippen LogP contribution in [0.3, 0.4) is 0 Å². The topological polar surface area (TPSA) is 46.2 Å². The first kappa shape index (κ1) is 12.4. The second kappa shape index (κ2) is 5.22. The molecular formula is C10H16ClNO. The third-order valence-electron chi connectivity index (χ3n) is 1.87. The molecule has 0 amide bonds. The zero-order valence-corrected chi connectivity index (χ0v) is 8.77. The summed E-state index contributed by atoms with van der Waals surface area (Å²) in [5, 5.41) is 8.84. The van der Waals surface area contributed by atoms with Crippen molar-refractivity contribution >= 4 is 12.4 Å². The summed E-state index contributed by atoms with van der Waals surface area (Å²) in [6.45, 7) is 4.06. The molecule has 3 heteroatoms. The molecule has 0 aliphatic carbocycles. The third kappa shape index (κ3) is 3.35. The molecule has 0 aliphatic rings. The fourth-order valence-corrected chi connectivity index (χ4v) is 1.33. The Morgan fingerprint density at radius 2 is 1.69 bits per heavy atom. The number of halogens is 1. The number of rotatable bonds is 2. The molecule has 0 fully saturated rings. The van der Waals surface area contributed by atoms with Crippen LogP contribution in [0.1, 0.15) is 22.7 Å². The standard InChI is InChI=1S/C10H15NO.ClH/c1-7-3-8(2)5-9(4-7)10(11)6-12;/h3-5,10,12H,6,11H2,1-2H3;1H. The van der Waals surface area contributed by atoms with E-state index in [0.29, 0.717) is 0 Å². The van der Waals surface area contributed by atoms with Crippen LogP contribution in [0.5, 0.6) is 0 Å². The van der Waals surface area contributed by atoms with Gasteiger partial charge in [0.15, 0.2) is 0 Å². The molecule has 0 saturated heterocycles. The van der Waals surface area contributed by atoms with E-state index in [9.17, 15) is 0 Å². The van der Waals surface area contributed by atoms with Crippen molar-refractivity contribution in [2.24, 2.45) is 5.73 Å². The van der Waals surface area contributed by atoms with Gasteiger partial charge in [-0.3, -0.25) is 0 Å². The lowest BCUT2D eigenvalue weighted by Gasteiger charge is -2.10. The van der Waals surface area contributed by atoms with E-state index in [-0.39, 0.29) is 25.1 Å². The van der Waals surface area contributed by atoms with Gasteiger partial charge in [-0.15, -0.1) is 12.4 Å². The molecule has 1 atom stereocenters. The third-order valence-corrected chi connectivity index (χ3v) is 1.87. The number of aliphatic hydroxyl groups is 1. The van der Waals surface area contributed by atoms with E-state index in [1.54, 1.807) is 0 Å². The Morgan fingerprint density at radius 3 is 2.08 bits per heavy atom. The monoisotopic (exact) mass is 201 g/mol. The molecule has 0 aromatic heterocycles. The molecule has 1 aromatic rings. The second-order valence-corrected chi connectivity index (χ2v) is 3.21. The summed E-state index contributed by atoms with van der Waals surface area (Å²) in [6, 6.07) is 5.86. The Hall–Kier alpha value is -0.570. The maximum Gasteiger partial charge on any atom is 0.0624 e. The highest BCUT2D eigenvalue weighted by molar-refractivity contribution is 5.85. The van der Waals surface area contributed by atoms with E-state index in [1.165, 1.54) is 11.1 Å². The molecule has 1 unspecified atom stereocenters. The van der Waals surface area contributed by atoms with Gasteiger partial charge in [0, 0.05) is 0 Å². The minimum absolute atomic E-state index is 0. The van der Waals surface area contributed by atoms with Crippen molar-refractivity contribution in [3.8, 4) is 0 Å². The molecule has 0 saturated carbocycles. The van der Waals surface area contributed by atoms with Crippen molar-refractivity contribution in [1.82, 2.24) is 0 Å². The molecule has 2 nitrogen and oxygen atoms in total. The van der Waals surface area contributed by atoms with Crippen LogP contribution in [-0.2, 0) is 0 Å². The van der Waals surface area contributed by atoms with Gasteiger partial charge < -0.3 is 10.8 Å². The summed E-state index contributed by atoms with van der Waals surface area (Å²) >= 11 is 0. The van der Waals surface area contributed by atoms with E-state index < -0.39 is 0 Å². The smallest absolute Gasteiger partial charge is 0.0624 e. The van der Waals surface area contributed by atoms with E-state index >= 15 is 0 Å². The highest BCUT2D eigenvalue weighted by Gasteiger charge is 2.04. The lowest BCUT2D eigenvalue weighted by atomic mass is 10.0. The molecule has 0 aliphatic heterocycles. The molecule has 3 N–H and O–H groups in total. The fourth-order valence-electron chi connectivity index (χ4n) is 1.33. The number of aliphatic hydroxyl groups excluding tert-OH is 1. The minimum Gasteiger partial charge on any atom is -0.394 e. The molecule has 0 bridgehead atoms. The molecule has 13 heavy (non-hydrogen) atoms. The van der Waals surface area contributed by atoms with Crippen molar-refractivity contribution in [3.05, 3.63) is 34.9 Å². The Bertz CT molecular complexity index is 255. The fraction of sp³-hybridized carbons (Fsp3) is 0.400. The summed E-state index contributed by atoms with van der Waals surface area (Å²) < 4.78 is 0. The SMILES string of the molecule is Cc1cc(C)cc(C(N)CO)c1.Cl. The number of benzene rings is 1. The highest BCUT2D eigenvalue weighted by atomic mass is 35.5. The molecule has 0 spiro atoms. The predicted molar refractivity (Wildman–Crippen MR) is 57.2 cm³/mol. The lowest BCUT2D eigenvalue weighted by Crippen LogP contribution is -2.14. The van der Waals surface area contributed by atoms with Gasteiger partial charge in [0.05, 0.1) is 12.6 Å². The van der Waals surface area contributed by atoms with E-state index in [1.807, 2.05) is 26.0 Å². The van der Waals surface area contributed by atoms with Gasteiger partial charge >= 0.3 is 0 Å². The predicted octanol–water partition coefficient (Wildman–Crippen LogP) is 1.72. The number of aryl methyl sites for hydroxylation is 2. The van der Waals surface area contributed by atoms with Gasteiger partial charge in [0.25, 0.3) is 0 Å². The van der Waals surface area contributed by atoms with E-state index in [0.717, 1.165) is 5.56 Å². The second-order valence-electron chi connectivity index (χ2n) is 3.21. The van der Waals surface area contributed by atoms with Crippen LogP contribution in [0.25, 0.3) is 0 Å². The average Bonchev–Trinajstić information content (AvgIpc) is 2.01. The molecular weight excluding hydrogens is 186 g/mol. The van der Waals surface area contributed by atoms with Gasteiger partial charge in [0.1, 0.15) is 0 Å². The number of hydrogen-bond acceptors (Lipinski definition) is 2. The maximum atomic E-state index is 8.84. The maximum absolute atomic E-state index is 8.84. The van der Waals surface area contributed by atoms with E-state index in [2.05, 4.69) is 6.07 Å². The number of hydrogen-bond donors (Lipinski definition) is 2. The van der Waals surface area contributed by atoms with Crippen LogP contribution >= 0.6 is 12.4 Å². The van der Waals surface area contributed by atoms with Gasteiger partial charge in [0.2, 0.25) is 0 Å². The van der Waals surface area contributed by atoms with Crippen molar-refractivity contribution in [2.75, 3.05) is 6.61 Å². The van der Waals surface area contributed by atoms with Crippen molar-refractivity contribution in [1.29, 1.82) is 0 Å². The minimum atomic E-state index is -0.247. The van der Waals surface area contributed by atoms with Crippen molar-refractivity contribution in [2.45, 2.75) is 19.9 Å². The van der Waals surface area contributed by atoms with Crippen LogP contribution in [-0.4, -0.2) is 11.7 Å². The quantitative estimate of drug-likeness (QED) is 0.766. The van der Waals surface area contributed by atoms with Crippen LogP contribution < -0.4 is 5.73 Å². The summed E-state index contributed by atoms with van der Waals surface area (Å²) in [5.74, 6) is 0. The summed E-state index contributed by atoms with van der Waals surface area (Å²) in [7, 11) is 0. The van der Waals surface area contributed by atoms with Gasteiger partial charge in [-0.25, -0.2) is 0 Å². The van der Waals surface area contributed by atoms with Crippen LogP contribution in [0.4, 0.5) is 0 Å². The first-order valence-corrected chi connectivity index (χ1v) is 4.08. The largest absolute Gasteiger partial charge is 0.394 e. The summed E-state index contributed by atoms with van der Waals surface area (Å²) in [4.78, 5) is 0. The number of nitrogens with two attached hydrogens (primary N) is 1. The normalized spacial score (nSPS) is 12.0. The zero-order chi connectivity index (χ0) is 9.14. The lowest BCUT2D eigenvalue weighted by molar-refractivity contribution is 0.268.